The molecule has 2 heteroatoms. The summed E-state index contributed by atoms with van der Waals surface area (Å²) in [7, 11) is 0. The Bertz CT molecular complexity index is 2590. The zero-order valence-corrected chi connectivity index (χ0v) is 34.9. The van der Waals surface area contributed by atoms with Crippen LogP contribution in [0.2, 0.25) is 0 Å². The van der Waals surface area contributed by atoms with E-state index in [0.29, 0.717) is 5.92 Å². The van der Waals surface area contributed by atoms with Crippen LogP contribution in [0.1, 0.15) is 94.2 Å². The smallest absolute Gasteiger partial charge is 0.142 e. The van der Waals surface area contributed by atoms with Crippen molar-refractivity contribution < 1.29 is 4.74 Å². The van der Waals surface area contributed by atoms with Crippen LogP contribution in [-0.2, 0) is 10.8 Å². The zero-order chi connectivity index (χ0) is 40.2. The van der Waals surface area contributed by atoms with Gasteiger partial charge >= 0.3 is 0 Å². The van der Waals surface area contributed by atoms with Crippen LogP contribution >= 0.6 is 0 Å². The van der Waals surface area contributed by atoms with E-state index < -0.39 is 0 Å². The average molecular weight is 758 g/mol. The van der Waals surface area contributed by atoms with Crippen LogP contribution in [-0.4, -0.2) is 6.04 Å². The number of para-hydroxylation sites is 1. The van der Waals surface area contributed by atoms with Gasteiger partial charge in [-0.05, 0) is 75.9 Å². The summed E-state index contributed by atoms with van der Waals surface area (Å²) >= 11 is 0. The lowest BCUT2D eigenvalue weighted by atomic mass is 9.77. The third kappa shape index (κ3) is 6.25. The highest BCUT2D eigenvalue weighted by Crippen LogP contribution is 2.52. The molecule has 0 aromatic heterocycles. The van der Waals surface area contributed by atoms with Crippen molar-refractivity contribution in [3.05, 3.63) is 208 Å². The first kappa shape index (κ1) is 37.7. The minimum absolute atomic E-state index is 0.0387. The van der Waals surface area contributed by atoms with Gasteiger partial charge in [0, 0.05) is 50.6 Å². The van der Waals surface area contributed by atoms with Crippen molar-refractivity contribution in [2.45, 2.75) is 77.7 Å². The highest BCUT2D eigenvalue weighted by atomic mass is 16.5. The van der Waals surface area contributed by atoms with E-state index in [1.54, 1.807) is 0 Å². The van der Waals surface area contributed by atoms with Crippen molar-refractivity contribution in [2.75, 3.05) is 5.32 Å². The fourth-order valence-electron chi connectivity index (χ4n) is 10.1. The van der Waals surface area contributed by atoms with Gasteiger partial charge in [0.25, 0.3) is 0 Å². The van der Waals surface area contributed by atoms with E-state index in [-0.39, 0.29) is 22.8 Å². The molecule has 0 bridgehead atoms. The number of anilines is 1. The predicted molar refractivity (Wildman–Crippen MR) is 247 cm³/mol. The summed E-state index contributed by atoms with van der Waals surface area (Å²) < 4.78 is 7.12. The molecule has 0 saturated heterocycles. The predicted octanol–water partition coefficient (Wildman–Crippen LogP) is 14.5. The van der Waals surface area contributed by atoms with Crippen LogP contribution in [0, 0.1) is 11.8 Å². The van der Waals surface area contributed by atoms with Crippen molar-refractivity contribution in [3.63, 3.8) is 0 Å². The highest BCUT2D eigenvalue weighted by molar-refractivity contribution is 5.89. The summed E-state index contributed by atoms with van der Waals surface area (Å²) in [6.45, 7) is 17.8. The molecule has 0 amide bonds. The van der Waals surface area contributed by atoms with Gasteiger partial charge in [0.1, 0.15) is 11.5 Å². The second kappa shape index (κ2) is 14.8. The van der Waals surface area contributed by atoms with Crippen molar-refractivity contribution in [1.82, 2.24) is 0 Å². The Kier molecular flexibility index (Phi) is 9.63. The fraction of sp³-hybridized carbons (Fsp3) is 0.250. The number of ether oxygens (including phenoxy) is 1. The molecule has 290 valence electrons. The molecule has 5 aliphatic carbocycles. The van der Waals surface area contributed by atoms with Crippen LogP contribution in [0.4, 0.5) is 5.69 Å². The van der Waals surface area contributed by atoms with Gasteiger partial charge in [0.15, 0.2) is 0 Å². The van der Waals surface area contributed by atoms with Crippen LogP contribution in [0.15, 0.2) is 175 Å². The fourth-order valence-corrected chi connectivity index (χ4v) is 10.1. The molecule has 10 rings (SSSR count). The zero-order valence-electron chi connectivity index (χ0n) is 34.9. The monoisotopic (exact) mass is 757 g/mol. The Morgan fingerprint density at radius 2 is 1.40 bits per heavy atom. The van der Waals surface area contributed by atoms with Crippen molar-refractivity contribution in [1.29, 1.82) is 0 Å². The van der Waals surface area contributed by atoms with Gasteiger partial charge in [-0.2, -0.15) is 0 Å². The Morgan fingerprint density at radius 3 is 2.16 bits per heavy atom. The van der Waals surface area contributed by atoms with E-state index in [4.69, 9.17) is 4.74 Å². The summed E-state index contributed by atoms with van der Waals surface area (Å²) in [6, 6.07) is 31.3. The number of benzene rings is 4. The summed E-state index contributed by atoms with van der Waals surface area (Å²) in [4.78, 5) is 0. The van der Waals surface area contributed by atoms with E-state index in [9.17, 15) is 0 Å². The van der Waals surface area contributed by atoms with Crippen molar-refractivity contribution >= 4 is 22.6 Å². The molecular formula is C56H55NO. The summed E-state index contributed by atoms with van der Waals surface area (Å²) in [5.41, 5.74) is 17.5. The molecule has 3 atom stereocenters. The van der Waals surface area contributed by atoms with E-state index in [1.165, 1.54) is 61.4 Å². The molecule has 58 heavy (non-hydrogen) atoms. The van der Waals surface area contributed by atoms with Crippen molar-refractivity contribution in [2.24, 2.45) is 11.8 Å². The largest absolute Gasteiger partial charge is 0.455 e. The molecule has 0 saturated carbocycles. The molecule has 6 aliphatic rings. The summed E-state index contributed by atoms with van der Waals surface area (Å²) in [5, 5.41) is 4.02. The average Bonchev–Trinajstić information content (AvgIpc) is 3.61. The van der Waals surface area contributed by atoms with Gasteiger partial charge < -0.3 is 10.1 Å². The van der Waals surface area contributed by atoms with Gasteiger partial charge in [-0.1, -0.05) is 193 Å². The molecule has 0 spiro atoms. The highest BCUT2D eigenvalue weighted by Gasteiger charge is 2.39. The number of rotatable bonds is 5. The van der Waals surface area contributed by atoms with Crippen LogP contribution in [0.5, 0.6) is 5.75 Å². The molecule has 3 unspecified atom stereocenters. The van der Waals surface area contributed by atoms with E-state index in [1.807, 2.05) is 13.8 Å². The quantitative estimate of drug-likeness (QED) is 0.219. The Hall–Kier alpha value is -5.86. The van der Waals surface area contributed by atoms with Gasteiger partial charge in [-0.25, -0.2) is 0 Å². The summed E-state index contributed by atoms with van der Waals surface area (Å²) in [6.07, 6.45) is 28.5. The topological polar surface area (TPSA) is 21.3 Å². The van der Waals surface area contributed by atoms with Crippen LogP contribution < -0.4 is 10.1 Å². The molecule has 4 aromatic carbocycles. The number of allylic oxidation sites excluding steroid dienone is 13. The first-order valence-corrected chi connectivity index (χ1v) is 21.4. The third-order valence-electron chi connectivity index (χ3n) is 13.3. The third-order valence-corrected chi connectivity index (χ3v) is 13.3. The Balaban J connectivity index is 0.00000215. The molecule has 1 aliphatic heterocycles. The summed E-state index contributed by atoms with van der Waals surface area (Å²) in [5.74, 6) is 2.50. The number of hydrogen-bond donors (Lipinski definition) is 1. The molecule has 4 aromatic rings. The SMILES string of the molecule is C=C1/C=C\C2=C(Oc3c1cccc3C1=CC=C(C3C=C(C4C=CC=CC4)C=CC3Nc3ccc4c(c3)C(C)(C)c3ccccc3-4)CC1)c1ccccc1C2(C)C.CC. The lowest BCUT2D eigenvalue weighted by Gasteiger charge is -2.33. The molecule has 0 fully saturated rings. The van der Waals surface area contributed by atoms with Gasteiger partial charge in [0.2, 0.25) is 0 Å². The van der Waals surface area contributed by atoms with E-state index in [2.05, 4.69) is 191 Å². The number of hydrogen-bond acceptors (Lipinski definition) is 2. The van der Waals surface area contributed by atoms with Crippen LogP contribution in [0.25, 0.3) is 28.0 Å². The minimum Gasteiger partial charge on any atom is -0.455 e. The number of nitrogens with one attached hydrogen (secondary N) is 1. The standard InChI is InChI=1S/C54H49NO.C2H6/c1-34-22-30-48-52(44-17-10-12-21-47(44)53(48,2)3)56-51-40(34)18-13-19-41(51)36-23-25-37(26-24-36)45-32-38(35-14-7-6-8-15-35)27-31-50(45)55-39-28-29-43-42-16-9-11-20-46(42)54(4,5)49(43)33-39;1-2/h6-14,16-23,25,27-33,35,45,50,55H,1,15,24,26H2,2-5H3;1-2H3/b30-22-;. The molecular weight excluding hydrogens is 703 g/mol. The lowest BCUT2D eigenvalue weighted by Crippen LogP contribution is -2.31. The Morgan fingerprint density at radius 1 is 0.672 bits per heavy atom. The maximum Gasteiger partial charge on any atom is 0.142 e. The van der Waals surface area contributed by atoms with Gasteiger partial charge in [-0.15, -0.1) is 0 Å². The van der Waals surface area contributed by atoms with Crippen LogP contribution in [0.3, 0.4) is 0 Å². The Labute approximate surface area is 346 Å². The maximum absolute atomic E-state index is 7.12. The van der Waals surface area contributed by atoms with E-state index >= 15 is 0 Å². The van der Waals surface area contributed by atoms with Crippen molar-refractivity contribution in [3.8, 4) is 16.9 Å². The van der Waals surface area contributed by atoms with E-state index in [0.717, 1.165) is 47.5 Å². The van der Waals surface area contributed by atoms with Gasteiger partial charge in [-0.3, -0.25) is 0 Å². The lowest BCUT2D eigenvalue weighted by molar-refractivity contribution is 0.505. The number of fused-ring (bicyclic) bond motifs is 6. The molecule has 0 radical (unpaired) electrons. The normalized spacial score (nSPS) is 23.2. The first-order valence-electron chi connectivity index (χ1n) is 21.4. The van der Waals surface area contributed by atoms with Gasteiger partial charge in [0.05, 0.1) is 6.04 Å². The molecule has 1 N–H and O–H groups in total. The second-order valence-corrected chi connectivity index (χ2v) is 17.3. The maximum atomic E-state index is 7.12. The second-order valence-electron chi connectivity index (χ2n) is 17.3. The minimum atomic E-state index is -0.160. The molecule has 1 heterocycles. The first-order chi connectivity index (χ1) is 28.2. The molecule has 2 nitrogen and oxygen atoms in total.